The molecule has 8 heteroatoms. The van der Waals surface area contributed by atoms with E-state index in [0.29, 0.717) is 30.1 Å². The molecule has 1 aliphatic rings. The first-order valence-corrected chi connectivity index (χ1v) is 7.01. The summed E-state index contributed by atoms with van der Waals surface area (Å²) < 4.78 is 26.3. The van der Waals surface area contributed by atoms with E-state index >= 15 is 0 Å². The van der Waals surface area contributed by atoms with Gasteiger partial charge in [0.15, 0.2) is 17.0 Å². The highest BCUT2D eigenvalue weighted by molar-refractivity contribution is 5.82. The van der Waals surface area contributed by atoms with Crippen molar-refractivity contribution >= 4 is 17.0 Å². The number of nitrogens with one attached hydrogen (secondary N) is 1. The van der Waals surface area contributed by atoms with Gasteiger partial charge in [0.25, 0.3) is 0 Å². The molecule has 3 aromatic rings. The number of hydrogen-bond donors (Lipinski definition) is 1. The van der Waals surface area contributed by atoms with E-state index < -0.39 is 6.08 Å². The Kier molecular flexibility index (Phi) is 3.04. The summed E-state index contributed by atoms with van der Waals surface area (Å²) in [6.07, 6.45) is 1.54. The standard InChI is InChI=1S/C14H14FN5O2/c1-8-2-3-9(22-8)6-16-12-11-13(19-14(15)18-12)20(7-17-11)10-4-5-21-10/h2-3,7,10H,4-6H2,1H3,(H,16,18,19). The molecule has 3 aromatic heterocycles. The zero-order valence-electron chi connectivity index (χ0n) is 11.9. The van der Waals surface area contributed by atoms with Gasteiger partial charge in [-0.1, -0.05) is 0 Å². The van der Waals surface area contributed by atoms with E-state index in [4.69, 9.17) is 9.15 Å². The number of furan rings is 1. The topological polar surface area (TPSA) is 78.0 Å². The van der Waals surface area contributed by atoms with Crippen LogP contribution in [0.25, 0.3) is 11.2 Å². The molecule has 0 saturated carbocycles. The van der Waals surface area contributed by atoms with Gasteiger partial charge in [0.05, 0.1) is 19.5 Å². The van der Waals surface area contributed by atoms with Crippen molar-refractivity contribution in [3.8, 4) is 0 Å². The van der Waals surface area contributed by atoms with E-state index in [0.717, 1.165) is 17.9 Å². The van der Waals surface area contributed by atoms with Crippen molar-refractivity contribution in [1.82, 2.24) is 19.5 Å². The second-order valence-electron chi connectivity index (χ2n) is 5.15. The van der Waals surface area contributed by atoms with Crippen LogP contribution in [0.15, 0.2) is 22.9 Å². The molecule has 0 bridgehead atoms. The molecule has 114 valence electrons. The fourth-order valence-corrected chi connectivity index (χ4v) is 2.42. The first kappa shape index (κ1) is 13.2. The minimum atomic E-state index is -0.799. The number of nitrogens with zero attached hydrogens (tertiary/aromatic N) is 4. The van der Waals surface area contributed by atoms with E-state index in [1.807, 2.05) is 19.1 Å². The maximum atomic E-state index is 13.7. The number of anilines is 1. The first-order chi connectivity index (χ1) is 10.7. The molecule has 1 unspecified atom stereocenters. The Morgan fingerprint density at radius 3 is 2.95 bits per heavy atom. The third-order valence-corrected chi connectivity index (χ3v) is 3.61. The Hall–Kier alpha value is -2.48. The molecule has 1 saturated heterocycles. The van der Waals surface area contributed by atoms with Gasteiger partial charge < -0.3 is 14.5 Å². The van der Waals surface area contributed by atoms with Crippen LogP contribution in [-0.4, -0.2) is 26.1 Å². The van der Waals surface area contributed by atoms with Crippen LogP contribution in [0.5, 0.6) is 0 Å². The van der Waals surface area contributed by atoms with Crippen LogP contribution in [0.4, 0.5) is 10.2 Å². The highest BCUT2D eigenvalue weighted by Gasteiger charge is 2.24. The summed E-state index contributed by atoms with van der Waals surface area (Å²) in [5, 5.41) is 3.04. The molecule has 1 aliphatic heterocycles. The summed E-state index contributed by atoms with van der Waals surface area (Å²) in [5.41, 5.74) is 0.940. The number of aromatic nitrogens is 4. The van der Waals surface area contributed by atoms with Crippen molar-refractivity contribution < 1.29 is 13.5 Å². The van der Waals surface area contributed by atoms with Gasteiger partial charge in [0.1, 0.15) is 17.7 Å². The van der Waals surface area contributed by atoms with Crippen molar-refractivity contribution in [3.63, 3.8) is 0 Å². The van der Waals surface area contributed by atoms with Gasteiger partial charge in [0, 0.05) is 6.42 Å². The third kappa shape index (κ3) is 2.21. The Labute approximate surface area is 125 Å². The van der Waals surface area contributed by atoms with E-state index in [1.165, 1.54) is 0 Å². The molecule has 1 N–H and O–H groups in total. The average Bonchev–Trinajstić information content (AvgIpc) is 3.02. The maximum Gasteiger partial charge on any atom is 0.312 e. The van der Waals surface area contributed by atoms with Gasteiger partial charge in [-0.15, -0.1) is 0 Å². The van der Waals surface area contributed by atoms with Gasteiger partial charge in [-0.3, -0.25) is 4.57 Å². The predicted octanol–water partition coefficient (Wildman–Crippen LogP) is 2.40. The van der Waals surface area contributed by atoms with Crippen LogP contribution in [-0.2, 0) is 11.3 Å². The lowest BCUT2D eigenvalue weighted by Gasteiger charge is -2.27. The summed E-state index contributed by atoms with van der Waals surface area (Å²) in [7, 11) is 0. The molecule has 0 aliphatic carbocycles. The van der Waals surface area contributed by atoms with Crippen molar-refractivity contribution in [2.75, 3.05) is 11.9 Å². The van der Waals surface area contributed by atoms with E-state index in [1.54, 1.807) is 10.9 Å². The lowest BCUT2D eigenvalue weighted by molar-refractivity contribution is -0.0974. The van der Waals surface area contributed by atoms with Gasteiger partial charge >= 0.3 is 6.08 Å². The molecular formula is C14H14FN5O2. The molecule has 4 rings (SSSR count). The Morgan fingerprint density at radius 2 is 2.27 bits per heavy atom. The molecule has 1 fully saturated rings. The normalized spacial score (nSPS) is 17.6. The summed E-state index contributed by atoms with van der Waals surface area (Å²) in [6.45, 7) is 2.96. The van der Waals surface area contributed by atoms with E-state index in [-0.39, 0.29) is 6.23 Å². The van der Waals surface area contributed by atoms with Crippen molar-refractivity contribution in [2.24, 2.45) is 0 Å². The molecule has 0 radical (unpaired) electrons. The monoisotopic (exact) mass is 303 g/mol. The lowest BCUT2D eigenvalue weighted by atomic mass is 10.3. The molecule has 4 heterocycles. The van der Waals surface area contributed by atoms with Crippen molar-refractivity contribution in [3.05, 3.63) is 36.1 Å². The Bertz CT molecular complexity index is 824. The van der Waals surface area contributed by atoms with Gasteiger partial charge in [-0.25, -0.2) is 4.98 Å². The SMILES string of the molecule is Cc1ccc(CNc2nc(F)nc3c2ncn3C2CCO2)o1. The fraction of sp³-hybridized carbons (Fsp3) is 0.357. The molecule has 0 amide bonds. The van der Waals surface area contributed by atoms with Crippen molar-refractivity contribution in [1.29, 1.82) is 0 Å². The summed E-state index contributed by atoms with van der Waals surface area (Å²) >= 11 is 0. The quantitative estimate of drug-likeness (QED) is 0.746. The first-order valence-electron chi connectivity index (χ1n) is 7.01. The van der Waals surface area contributed by atoms with Crippen LogP contribution >= 0.6 is 0 Å². The number of rotatable bonds is 4. The van der Waals surface area contributed by atoms with Crippen LogP contribution < -0.4 is 5.32 Å². The molecule has 0 aromatic carbocycles. The largest absolute Gasteiger partial charge is 0.465 e. The fourth-order valence-electron chi connectivity index (χ4n) is 2.42. The third-order valence-electron chi connectivity index (χ3n) is 3.61. The van der Waals surface area contributed by atoms with Gasteiger partial charge in [-0.2, -0.15) is 14.4 Å². The Balaban J connectivity index is 1.66. The molecule has 7 nitrogen and oxygen atoms in total. The highest BCUT2D eigenvalue weighted by atomic mass is 19.1. The van der Waals surface area contributed by atoms with Gasteiger partial charge in [0.2, 0.25) is 0 Å². The second kappa shape index (κ2) is 5.06. The smallest absolute Gasteiger partial charge is 0.312 e. The summed E-state index contributed by atoms with van der Waals surface area (Å²) in [5.74, 6) is 1.91. The minimum Gasteiger partial charge on any atom is -0.465 e. The zero-order chi connectivity index (χ0) is 15.1. The maximum absolute atomic E-state index is 13.7. The number of ether oxygens (including phenoxy) is 1. The molecular weight excluding hydrogens is 289 g/mol. The van der Waals surface area contributed by atoms with Crippen LogP contribution in [0.2, 0.25) is 0 Å². The number of imidazole rings is 1. The number of halogens is 1. The van der Waals surface area contributed by atoms with Crippen molar-refractivity contribution in [2.45, 2.75) is 26.1 Å². The molecule has 22 heavy (non-hydrogen) atoms. The molecule has 1 atom stereocenters. The predicted molar refractivity (Wildman–Crippen MR) is 75.7 cm³/mol. The summed E-state index contributed by atoms with van der Waals surface area (Å²) in [4.78, 5) is 11.9. The number of aryl methyl sites for hydroxylation is 1. The molecule has 0 spiro atoms. The van der Waals surface area contributed by atoms with Crippen LogP contribution in [0, 0.1) is 13.0 Å². The van der Waals surface area contributed by atoms with Crippen LogP contribution in [0.3, 0.4) is 0 Å². The zero-order valence-corrected chi connectivity index (χ0v) is 11.9. The number of hydrogen-bond acceptors (Lipinski definition) is 6. The minimum absolute atomic E-state index is 0.125. The number of fused-ring (bicyclic) bond motifs is 1. The second-order valence-corrected chi connectivity index (χ2v) is 5.15. The van der Waals surface area contributed by atoms with E-state index in [2.05, 4.69) is 20.3 Å². The average molecular weight is 303 g/mol. The Morgan fingerprint density at radius 1 is 1.41 bits per heavy atom. The highest BCUT2D eigenvalue weighted by Crippen LogP contribution is 2.28. The van der Waals surface area contributed by atoms with E-state index in [9.17, 15) is 4.39 Å². The van der Waals surface area contributed by atoms with Gasteiger partial charge in [-0.05, 0) is 19.1 Å². The van der Waals surface area contributed by atoms with Crippen LogP contribution in [0.1, 0.15) is 24.2 Å². The lowest BCUT2D eigenvalue weighted by Crippen LogP contribution is -2.24. The summed E-state index contributed by atoms with van der Waals surface area (Å²) in [6, 6.07) is 3.73.